The van der Waals surface area contributed by atoms with Crippen LogP contribution in [-0.4, -0.2) is 51.3 Å². The highest BCUT2D eigenvalue weighted by Crippen LogP contribution is 2.24. The van der Waals surface area contributed by atoms with E-state index in [9.17, 15) is 19.8 Å². The fourth-order valence-corrected chi connectivity index (χ4v) is 4.25. The molecule has 0 saturated carbocycles. The number of hydrogen-bond acceptors (Lipinski definition) is 6. The van der Waals surface area contributed by atoms with E-state index in [0.29, 0.717) is 36.3 Å². The topological polar surface area (TPSA) is 122 Å². The molecule has 1 aliphatic heterocycles. The second-order valence-electron chi connectivity index (χ2n) is 9.05. The Morgan fingerprint density at radius 1 is 0.919 bits per heavy atom. The van der Waals surface area contributed by atoms with E-state index < -0.39 is 18.1 Å². The van der Waals surface area contributed by atoms with Gasteiger partial charge >= 0.3 is 0 Å². The minimum absolute atomic E-state index is 0.0209. The summed E-state index contributed by atoms with van der Waals surface area (Å²) in [6.45, 7) is 5.43. The smallest absolute Gasteiger partial charge is 0.253 e. The lowest BCUT2D eigenvalue weighted by atomic mass is 9.99. The fourth-order valence-electron chi connectivity index (χ4n) is 4.25. The summed E-state index contributed by atoms with van der Waals surface area (Å²) in [5, 5.41) is 31.8. The molecule has 196 valence electrons. The number of hydrogen-bond donors (Lipinski definition) is 5. The minimum Gasteiger partial charge on any atom is -0.508 e. The zero-order valence-electron chi connectivity index (χ0n) is 21.2. The third kappa shape index (κ3) is 7.39. The first kappa shape index (κ1) is 27.9. The second kappa shape index (κ2) is 13.5. The lowest BCUT2D eigenvalue weighted by Crippen LogP contribution is -2.46. The van der Waals surface area contributed by atoms with Crippen LogP contribution in [0.2, 0.25) is 0 Å². The zero-order chi connectivity index (χ0) is 26.8. The number of aromatic hydroxyl groups is 1. The van der Waals surface area contributed by atoms with Crippen molar-refractivity contribution in [1.82, 2.24) is 15.7 Å². The fraction of sp³-hybridized carbons (Fsp3) is 0.310. The molecule has 1 heterocycles. The number of aryl methyl sites for hydroxylation is 1. The number of rotatable bonds is 7. The minimum atomic E-state index is -1.38. The second-order valence-corrected chi connectivity index (χ2v) is 9.05. The number of nitrogens with one attached hydrogen (secondary N) is 2. The number of carbonyl (C=O) groups excluding carboxylic acids is 2. The van der Waals surface area contributed by atoms with E-state index in [1.807, 2.05) is 37.3 Å². The van der Waals surface area contributed by atoms with Gasteiger partial charge in [0.25, 0.3) is 11.8 Å². The predicted molar refractivity (Wildman–Crippen MR) is 141 cm³/mol. The molecule has 2 amide bonds. The van der Waals surface area contributed by atoms with Gasteiger partial charge in [0.15, 0.2) is 6.10 Å². The van der Waals surface area contributed by atoms with Crippen molar-refractivity contribution in [3.05, 3.63) is 101 Å². The normalized spacial score (nSPS) is 14.3. The average Bonchev–Trinajstić information content (AvgIpc) is 3.45. The van der Waals surface area contributed by atoms with Gasteiger partial charge in [-0.25, -0.2) is 5.48 Å². The summed E-state index contributed by atoms with van der Waals surface area (Å²) in [7, 11) is 0. The molecule has 2 unspecified atom stereocenters. The number of aliphatic hydroxyl groups is 1. The van der Waals surface area contributed by atoms with Gasteiger partial charge in [-0.2, -0.15) is 0 Å². The van der Waals surface area contributed by atoms with Gasteiger partial charge in [0.05, 0.1) is 6.04 Å². The third-order valence-corrected chi connectivity index (χ3v) is 6.51. The van der Waals surface area contributed by atoms with Crippen molar-refractivity contribution in [3.63, 3.8) is 0 Å². The van der Waals surface area contributed by atoms with Crippen LogP contribution in [0, 0.1) is 13.8 Å². The number of phenols is 1. The molecule has 0 aliphatic carbocycles. The molecule has 2 atom stereocenters. The Morgan fingerprint density at radius 2 is 1.57 bits per heavy atom. The monoisotopic (exact) mass is 505 g/mol. The molecule has 1 fully saturated rings. The van der Waals surface area contributed by atoms with Crippen molar-refractivity contribution in [3.8, 4) is 5.75 Å². The van der Waals surface area contributed by atoms with E-state index in [0.717, 1.165) is 18.4 Å². The molecule has 4 rings (SSSR count). The van der Waals surface area contributed by atoms with Crippen LogP contribution in [0.1, 0.15) is 51.5 Å². The van der Waals surface area contributed by atoms with Crippen molar-refractivity contribution in [2.45, 2.75) is 45.4 Å². The lowest BCUT2D eigenvalue weighted by molar-refractivity contribution is -0.140. The molecule has 0 radical (unpaired) electrons. The van der Waals surface area contributed by atoms with Gasteiger partial charge in [-0.3, -0.25) is 9.59 Å². The van der Waals surface area contributed by atoms with Crippen LogP contribution in [0.3, 0.4) is 0 Å². The summed E-state index contributed by atoms with van der Waals surface area (Å²) in [4.78, 5) is 27.1. The molecule has 8 nitrogen and oxygen atoms in total. The Balaban J connectivity index is 0.000000319. The first-order valence-electron chi connectivity index (χ1n) is 12.4. The van der Waals surface area contributed by atoms with Crippen LogP contribution in [-0.2, 0) is 11.3 Å². The number of amides is 2. The van der Waals surface area contributed by atoms with Crippen LogP contribution >= 0.6 is 0 Å². The molecule has 3 aromatic carbocycles. The van der Waals surface area contributed by atoms with Gasteiger partial charge < -0.3 is 25.6 Å². The summed E-state index contributed by atoms with van der Waals surface area (Å²) in [5.74, 6) is -0.813. The number of likely N-dealkylation sites (tertiary alicyclic amines) is 1. The van der Waals surface area contributed by atoms with Crippen molar-refractivity contribution < 1.29 is 25.0 Å². The molecule has 0 aromatic heterocycles. The SMILES string of the molecule is Cc1c(O)cccc1C(=O)NC(c1ccccc1)C(O)C(=O)N1CCCC1.Cc1ccccc1CNO. The number of phenolic OH excluding ortho intramolecular Hbond substituents is 1. The van der Waals surface area contributed by atoms with Gasteiger partial charge in [0.1, 0.15) is 5.75 Å². The van der Waals surface area contributed by atoms with Gasteiger partial charge in [-0.05, 0) is 55.5 Å². The molecular weight excluding hydrogens is 470 g/mol. The van der Waals surface area contributed by atoms with E-state index >= 15 is 0 Å². The lowest BCUT2D eigenvalue weighted by Gasteiger charge is -2.27. The van der Waals surface area contributed by atoms with E-state index in [1.165, 1.54) is 11.6 Å². The van der Waals surface area contributed by atoms with E-state index in [-0.39, 0.29) is 11.7 Å². The van der Waals surface area contributed by atoms with Gasteiger partial charge in [0, 0.05) is 30.8 Å². The van der Waals surface area contributed by atoms with Crippen molar-refractivity contribution >= 4 is 11.8 Å². The molecule has 0 bridgehead atoms. The molecular formula is C29H35N3O5. The highest BCUT2D eigenvalue weighted by molar-refractivity contribution is 5.97. The Morgan fingerprint density at radius 3 is 2.22 bits per heavy atom. The summed E-state index contributed by atoms with van der Waals surface area (Å²) < 4.78 is 0. The van der Waals surface area contributed by atoms with E-state index in [1.54, 1.807) is 48.2 Å². The largest absolute Gasteiger partial charge is 0.508 e. The standard InChI is InChI=1S/C21H24N2O4.C8H11NO/c1-14-16(10-7-11-17(14)24)20(26)22-18(15-8-3-2-4-9-15)19(25)21(27)23-12-5-6-13-23;1-7-4-2-3-5-8(7)6-9-10/h2-4,7-11,18-19,24-25H,5-6,12-13H2,1H3,(H,22,26);2-5,9-10H,6H2,1H3. The summed E-state index contributed by atoms with van der Waals surface area (Å²) >= 11 is 0. The van der Waals surface area contributed by atoms with E-state index in [4.69, 9.17) is 5.21 Å². The Kier molecular flexibility index (Phi) is 10.2. The van der Waals surface area contributed by atoms with Crippen molar-refractivity contribution in [2.24, 2.45) is 0 Å². The molecule has 37 heavy (non-hydrogen) atoms. The Hall–Kier alpha value is -3.72. The Bertz CT molecular complexity index is 1180. The number of nitrogens with zero attached hydrogens (tertiary/aromatic N) is 1. The van der Waals surface area contributed by atoms with Crippen molar-refractivity contribution in [1.29, 1.82) is 0 Å². The van der Waals surface area contributed by atoms with E-state index in [2.05, 4.69) is 10.8 Å². The van der Waals surface area contributed by atoms with Gasteiger partial charge in [-0.15, -0.1) is 0 Å². The maximum absolute atomic E-state index is 12.8. The van der Waals surface area contributed by atoms with Crippen LogP contribution < -0.4 is 10.8 Å². The number of benzene rings is 3. The zero-order valence-corrected chi connectivity index (χ0v) is 21.2. The average molecular weight is 506 g/mol. The number of carbonyl (C=O) groups is 2. The molecule has 3 aromatic rings. The van der Waals surface area contributed by atoms with Crippen LogP contribution in [0.25, 0.3) is 0 Å². The summed E-state index contributed by atoms with van der Waals surface area (Å²) in [6, 6.07) is 20.7. The molecule has 1 aliphatic rings. The quantitative estimate of drug-likeness (QED) is 0.313. The van der Waals surface area contributed by atoms with Crippen molar-refractivity contribution in [2.75, 3.05) is 13.1 Å². The van der Waals surface area contributed by atoms with Gasteiger partial charge in [-0.1, -0.05) is 60.7 Å². The van der Waals surface area contributed by atoms with Crippen LogP contribution in [0.5, 0.6) is 5.75 Å². The van der Waals surface area contributed by atoms with Gasteiger partial charge in [0.2, 0.25) is 0 Å². The predicted octanol–water partition coefficient (Wildman–Crippen LogP) is 3.63. The number of hydroxylamine groups is 1. The highest BCUT2D eigenvalue weighted by atomic mass is 16.5. The Labute approximate surface area is 217 Å². The maximum Gasteiger partial charge on any atom is 0.253 e. The maximum atomic E-state index is 12.8. The molecule has 5 N–H and O–H groups in total. The van der Waals surface area contributed by atoms with Crippen LogP contribution in [0.4, 0.5) is 0 Å². The highest BCUT2D eigenvalue weighted by Gasteiger charge is 2.33. The third-order valence-electron chi connectivity index (χ3n) is 6.51. The summed E-state index contributed by atoms with van der Waals surface area (Å²) in [5.41, 5.74) is 5.84. The molecule has 1 saturated heterocycles. The first-order chi connectivity index (χ1) is 17.8. The van der Waals surface area contributed by atoms with Crippen LogP contribution in [0.15, 0.2) is 72.8 Å². The first-order valence-corrected chi connectivity index (χ1v) is 12.4. The molecule has 8 heteroatoms. The summed E-state index contributed by atoms with van der Waals surface area (Å²) in [6.07, 6.45) is 0.458. The number of aliphatic hydroxyl groups excluding tert-OH is 1. The molecule has 0 spiro atoms.